The zero-order valence-corrected chi connectivity index (χ0v) is 24.6. The van der Waals surface area contributed by atoms with Crippen LogP contribution in [0.1, 0.15) is 62.0 Å². The molecule has 1 aliphatic carbocycles. The van der Waals surface area contributed by atoms with E-state index in [1.807, 2.05) is 61.8 Å². The predicted octanol–water partition coefficient (Wildman–Crippen LogP) is 5.81. The third-order valence-electron chi connectivity index (χ3n) is 7.62. The minimum absolute atomic E-state index is 0.0122. The van der Waals surface area contributed by atoms with Gasteiger partial charge in [-0.2, -0.15) is 0 Å². The van der Waals surface area contributed by atoms with E-state index in [2.05, 4.69) is 0 Å². The zero-order chi connectivity index (χ0) is 30.0. The first-order chi connectivity index (χ1) is 20.4. The molecular formula is C33H37FN4O4. The summed E-state index contributed by atoms with van der Waals surface area (Å²) in [6, 6.07) is 9.13. The number of hydrogen-bond donors (Lipinski definition) is 1. The molecule has 6 rings (SSSR count). The maximum atomic E-state index is 16.2. The molecule has 1 aromatic heterocycles. The predicted molar refractivity (Wildman–Crippen MR) is 166 cm³/mol. The average Bonchev–Trinajstić information content (AvgIpc) is 3.29. The van der Waals surface area contributed by atoms with Crippen molar-refractivity contribution >= 4 is 40.3 Å². The van der Waals surface area contributed by atoms with Gasteiger partial charge in [-0.3, -0.25) is 9.59 Å². The Balaban J connectivity index is 0.00000173. The van der Waals surface area contributed by atoms with Crippen LogP contribution in [0.4, 0.5) is 10.1 Å². The number of fused-ring (bicyclic) bond motifs is 4. The van der Waals surface area contributed by atoms with Crippen LogP contribution >= 0.6 is 0 Å². The molecule has 3 aromatic rings. The highest BCUT2D eigenvalue weighted by molar-refractivity contribution is 6.02. The average molecular weight is 573 g/mol. The summed E-state index contributed by atoms with van der Waals surface area (Å²) in [7, 11) is 0. The molecule has 42 heavy (non-hydrogen) atoms. The minimum atomic E-state index is -0.624. The maximum absolute atomic E-state index is 16.2. The molecular weight excluding hydrogens is 535 g/mol. The number of pyridine rings is 1. The van der Waals surface area contributed by atoms with Crippen LogP contribution in [0.5, 0.6) is 5.75 Å². The smallest absolute Gasteiger partial charge is 0.259 e. The number of nitrogens with two attached hydrogens (primary N) is 1. The van der Waals surface area contributed by atoms with Crippen LogP contribution in [0.3, 0.4) is 0 Å². The quantitative estimate of drug-likeness (QED) is 0.415. The van der Waals surface area contributed by atoms with Gasteiger partial charge in [0.05, 0.1) is 18.6 Å². The SMILES string of the molecule is CC.CCCN(/C(C)=C\N)c1c(F)cc2c(=O)c(C(=O)N3CCOCC3)cn3c2c1OC1=Cc2ccccc2C=C3C1. The fourth-order valence-electron chi connectivity index (χ4n) is 5.62. The Labute approximate surface area is 245 Å². The van der Waals surface area contributed by atoms with Crippen molar-refractivity contribution in [2.24, 2.45) is 5.73 Å². The molecule has 1 fully saturated rings. The second-order valence-electron chi connectivity index (χ2n) is 10.2. The standard InChI is InChI=1S/C31H31FN4O4.C2H6/c1-3-8-35(19(2)17-33)28-26(32)16-24-27-30(28)40-23-14-21-7-5-4-6-20(21)13-22(15-23)36(27)18-25(29(24)37)31(38)34-9-11-39-12-10-34;1-2/h4-7,13-14,16-18H,3,8-12,15,33H2,1-2H3;1-2H3/b19-17-;. The Morgan fingerprint density at radius 3 is 2.50 bits per heavy atom. The summed E-state index contributed by atoms with van der Waals surface area (Å²) in [6.07, 6.45) is 8.11. The number of carbonyl (C=O) groups is 1. The molecule has 8 nitrogen and oxygen atoms in total. The molecule has 1 saturated heterocycles. The zero-order valence-electron chi connectivity index (χ0n) is 24.6. The first-order valence-corrected chi connectivity index (χ1v) is 14.5. The monoisotopic (exact) mass is 572 g/mol. The number of benzene rings is 2. The minimum Gasteiger partial charge on any atom is -0.457 e. The van der Waals surface area contributed by atoms with Gasteiger partial charge in [0, 0.05) is 49.8 Å². The third-order valence-corrected chi connectivity index (χ3v) is 7.62. The number of halogens is 1. The van der Waals surface area contributed by atoms with Gasteiger partial charge in [0.1, 0.15) is 22.5 Å². The van der Waals surface area contributed by atoms with Crippen LogP contribution in [0.25, 0.3) is 28.8 Å². The molecule has 220 valence electrons. The molecule has 3 aliphatic rings. The van der Waals surface area contributed by atoms with Gasteiger partial charge in [-0.1, -0.05) is 45.0 Å². The summed E-state index contributed by atoms with van der Waals surface area (Å²) in [5, 5.41) is 0.0854. The van der Waals surface area contributed by atoms with Gasteiger partial charge in [-0.25, -0.2) is 4.39 Å². The van der Waals surface area contributed by atoms with Crippen molar-refractivity contribution in [1.29, 1.82) is 0 Å². The highest BCUT2D eigenvalue weighted by Crippen LogP contribution is 2.45. The van der Waals surface area contributed by atoms with Gasteiger partial charge in [-0.15, -0.1) is 0 Å². The Morgan fingerprint density at radius 2 is 1.83 bits per heavy atom. The number of carbonyl (C=O) groups excluding carboxylic acids is 1. The first kappa shape index (κ1) is 29.1. The molecule has 3 heterocycles. The number of aromatic nitrogens is 1. The van der Waals surface area contributed by atoms with Gasteiger partial charge in [-0.05, 0) is 42.7 Å². The molecule has 0 saturated carbocycles. The van der Waals surface area contributed by atoms with Gasteiger partial charge in [0.15, 0.2) is 11.6 Å². The molecule has 0 radical (unpaired) electrons. The molecule has 2 bridgehead atoms. The van der Waals surface area contributed by atoms with Crippen LogP contribution in [-0.2, 0) is 4.74 Å². The van der Waals surface area contributed by atoms with E-state index >= 15 is 4.39 Å². The fraction of sp³-hybridized carbons (Fsp3) is 0.333. The molecule has 1 amide bonds. The molecule has 0 atom stereocenters. The molecule has 2 N–H and O–H groups in total. The molecule has 2 aromatic carbocycles. The van der Waals surface area contributed by atoms with Crippen molar-refractivity contribution in [1.82, 2.24) is 9.47 Å². The molecule has 9 heteroatoms. The van der Waals surface area contributed by atoms with Gasteiger partial charge in [0.2, 0.25) is 5.43 Å². The van der Waals surface area contributed by atoms with Crippen LogP contribution < -0.4 is 20.8 Å². The largest absolute Gasteiger partial charge is 0.457 e. The number of nitrogens with zero attached hydrogens (tertiary/aromatic N) is 3. The number of rotatable bonds is 5. The topological polar surface area (TPSA) is 90.0 Å². The Hall–Kier alpha value is -4.37. The van der Waals surface area contributed by atoms with Crippen molar-refractivity contribution < 1.29 is 18.7 Å². The fourth-order valence-corrected chi connectivity index (χ4v) is 5.62. The Morgan fingerprint density at radius 1 is 1.14 bits per heavy atom. The van der Waals surface area contributed by atoms with Crippen LogP contribution in [0, 0.1) is 5.82 Å². The van der Waals surface area contributed by atoms with Crippen LogP contribution in [0.2, 0.25) is 0 Å². The van der Waals surface area contributed by atoms with E-state index in [1.54, 1.807) is 22.9 Å². The van der Waals surface area contributed by atoms with Gasteiger partial charge < -0.3 is 29.6 Å². The lowest BCUT2D eigenvalue weighted by Crippen LogP contribution is -2.42. The van der Waals surface area contributed by atoms with E-state index in [-0.39, 0.29) is 22.4 Å². The van der Waals surface area contributed by atoms with Crippen molar-refractivity contribution in [3.63, 3.8) is 0 Å². The normalized spacial score (nSPS) is 15.7. The molecule has 2 aliphatic heterocycles. The van der Waals surface area contributed by atoms with E-state index < -0.39 is 17.2 Å². The van der Waals surface area contributed by atoms with Gasteiger partial charge in [0.25, 0.3) is 5.91 Å². The lowest BCUT2D eigenvalue weighted by Gasteiger charge is -2.29. The number of amides is 1. The van der Waals surface area contributed by atoms with Gasteiger partial charge >= 0.3 is 0 Å². The summed E-state index contributed by atoms with van der Waals surface area (Å²) >= 11 is 0. The second kappa shape index (κ2) is 12.2. The second-order valence-corrected chi connectivity index (χ2v) is 10.2. The highest BCUT2D eigenvalue weighted by Gasteiger charge is 2.32. The number of allylic oxidation sites excluding steroid dienone is 2. The lowest BCUT2D eigenvalue weighted by atomic mass is 10.0. The Kier molecular flexibility index (Phi) is 8.49. The van der Waals surface area contributed by atoms with Crippen molar-refractivity contribution in [2.75, 3.05) is 37.7 Å². The molecule has 0 spiro atoms. The van der Waals surface area contributed by atoms with E-state index in [0.717, 1.165) is 23.2 Å². The summed E-state index contributed by atoms with van der Waals surface area (Å²) in [5.41, 5.74) is 9.35. The first-order valence-electron chi connectivity index (χ1n) is 14.5. The lowest BCUT2D eigenvalue weighted by molar-refractivity contribution is 0.0302. The molecule has 0 unspecified atom stereocenters. The van der Waals surface area contributed by atoms with Crippen molar-refractivity contribution in [3.8, 4) is 5.75 Å². The summed E-state index contributed by atoms with van der Waals surface area (Å²) < 4.78 is 29.9. The summed E-state index contributed by atoms with van der Waals surface area (Å²) in [6.45, 7) is 9.87. The number of ether oxygens (including phenoxy) is 2. The van der Waals surface area contributed by atoms with E-state index in [1.165, 1.54) is 12.3 Å². The van der Waals surface area contributed by atoms with E-state index in [9.17, 15) is 9.59 Å². The van der Waals surface area contributed by atoms with Crippen molar-refractivity contribution in [3.05, 3.63) is 86.9 Å². The van der Waals surface area contributed by atoms with Crippen LogP contribution in [0.15, 0.2) is 59.0 Å². The summed E-state index contributed by atoms with van der Waals surface area (Å²) in [5.74, 6) is -0.190. The maximum Gasteiger partial charge on any atom is 0.259 e. The highest BCUT2D eigenvalue weighted by atomic mass is 19.1. The number of anilines is 1. The third kappa shape index (κ3) is 5.09. The van der Waals surface area contributed by atoms with E-state index in [0.29, 0.717) is 56.2 Å². The Bertz CT molecular complexity index is 1680. The van der Waals surface area contributed by atoms with Crippen molar-refractivity contribution in [2.45, 2.75) is 40.5 Å². The van der Waals surface area contributed by atoms with Crippen LogP contribution in [-0.4, -0.2) is 48.2 Å². The van der Waals surface area contributed by atoms with E-state index in [4.69, 9.17) is 15.2 Å². The number of morpholine rings is 1. The number of hydrogen-bond acceptors (Lipinski definition) is 6. The summed E-state index contributed by atoms with van der Waals surface area (Å²) in [4.78, 5) is 30.9.